The van der Waals surface area contributed by atoms with Crippen molar-refractivity contribution in [3.05, 3.63) is 101 Å². The number of likely N-dealkylation sites (N-methyl/N-ethyl adjacent to an activating group) is 1. The molecule has 202 valence electrons. The maximum Gasteiger partial charge on any atom is 0.243 e. The van der Waals surface area contributed by atoms with Crippen molar-refractivity contribution >= 4 is 33.4 Å². The average molecular weight is 556 g/mol. The lowest BCUT2D eigenvalue weighted by Gasteiger charge is -2.32. The highest BCUT2D eigenvalue weighted by Crippen LogP contribution is 2.22. The van der Waals surface area contributed by atoms with Crippen molar-refractivity contribution in [3.63, 3.8) is 0 Å². The zero-order chi connectivity index (χ0) is 27.5. The molecule has 38 heavy (non-hydrogen) atoms. The molecule has 0 aromatic heterocycles. The van der Waals surface area contributed by atoms with E-state index in [-0.39, 0.29) is 36.2 Å². The van der Waals surface area contributed by atoms with Crippen molar-refractivity contribution in [2.75, 3.05) is 20.1 Å². The first kappa shape index (κ1) is 29.4. The Morgan fingerprint density at radius 1 is 0.921 bits per heavy atom. The summed E-state index contributed by atoms with van der Waals surface area (Å²) in [4.78, 5) is 28.6. The molecule has 2 amide bonds. The Hall–Kier alpha value is -3.20. The molecule has 9 heteroatoms. The molecule has 0 fully saturated rings. The van der Waals surface area contributed by atoms with E-state index in [2.05, 4.69) is 5.32 Å². The summed E-state index contributed by atoms with van der Waals surface area (Å²) >= 11 is 6.42. The minimum absolute atomic E-state index is 0.0732. The highest BCUT2D eigenvalue weighted by Gasteiger charge is 2.30. The van der Waals surface area contributed by atoms with Crippen LogP contribution in [0.15, 0.2) is 89.8 Å². The standard InChI is InChI=1S/C29H34ClN3O4S/c1-3-31-29(35)27(21-23-13-6-4-7-14-23)33(22-24-15-10-11-18-26(24)30)28(34)19-12-20-32(2)38(36,37)25-16-8-5-9-17-25/h4-11,13-18,27H,3,12,19-22H2,1-2H3,(H,31,35). The number of hydrogen-bond donors (Lipinski definition) is 1. The monoisotopic (exact) mass is 555 g/mol. The van der Waals surface area contributed by atoms with E-state index in [1.54, 1.807) is 41.3 Å². The fraction of sp³-hybridized carbons (Fsp3) is 0.310. The molecule has 0 aliphatic heterocycles. The predicted molar refractivity (Wildman–Crippen MR) is 150 cm³/mol. The van der Waals surface area contributed by atoms with Crippen LogP contribution in [0.5, 0.6) is 0 Å². The molecule has 0 aliphatic rings. The lowest BCUT2D eigenvalue weighted by atomic mass is 10.0. The molecule has 1 N–H and O–H groups in total. The molecular formula is C29H34ClN3O4S. The van der Waals surface area contributed by atoms with Crippen molar-refractivity contribution in [1.82, 2.24) is 14.5 Å². The Bertz CT molecular complexity index is 1300. The van der Waals surface area contributed by atoms with Gasteiger partial charge in [0.15, 0.2) is 0 Å². The van der Waals surface area contributed by atoms with Gasteiger partial charge in [0, 0.05) is 44.5 Å². The number of benzene rings is 3. The van der Waals surface area contributed by atoms with Crippen LogP contribution in [-0.4, -0.2) is 55.6 Å². The van der Waals surface area contributed by atoms with Crippen LogP contribution in [0.1, 0.15) is 30.9 Å². The van der Waals surface area contributed by atoms with E-state index in [0.717, 1.165) is 11.1 Å². The number of carbonyl (C=O) groups is 2. The van der Waals surface area contributed by atoms with Gasteiger partial charge in [-0.1, -0.05) is 78.3 Å². The molecule has 0 aliphatic carbocycles. The molecule has 0 bridgehead atoms. The van der Waals surface area contributed by atoms with Gasteiger partial charge in [-0.3, -0.25) is 9.59 Å². The summed E-state index contributed by atoms with van der Waals surface area (Å²) in [6.45, 7) is 2.58. The predicted octanol–water partition coefficient (Wildman–Crippen LogP) is 4.52. The zero-order valence-electron chi connectivity index (χ0n) is 21.7. The summed E-state index contributed by atoms with van der Waals surface area (Å²) in [6, 6.07) is 24.2. The number of rotatable bonds is 13. The van der Waals surface area contributed by atoms with Crippen LogP contribution in [0.2, 0.25) is 5.02 Å². The number of amides is 2. The van der Waals surface area contributed by atoms with Crippen LogP contribution in [-0.2, 0) is 32.6 Å². The molecule has 0 saturated carbocycles. The molecule has 3 aromatic rings. The average Bonchev–Trinajstić information content (AvgIpc) is 2.92. The SMILES string of the molecule is CCNC(=O)C(Cc1ccccc1)N(Cc1ccccc1Cl)C(=O)CCCN(C)S(=O)(=O)c1ccccc1. The third-order valence-corrected chi connectivity index (χ3v) is 8.48. The first-order valence-corrected chi connectivity index (χ1v) is 14.4. The second-order valence-electron chi connectivity index (χ2n) is 8.96. The van der Waals surface area contributed by atoms with Crippen molar-refractivity contribution in [2.24, 2.45) is 0 Å². The van der Waals surface area contributed by atoms with Gasteiger partial charge in [0.2, 0.25) is 21.8 Å². The van der Waals surface area contributed by atoms with Gasteiger partial charge in [0.05, 0.1) is 4.90 Å². The lowest BCUT2D eigenvalue weighted by molar-refractivity contribution is -0.141. The van der Waals surface area contributed by atoms with Crippen LogP contribution >= 0.6 is 11.6 Å². The van der Waals surface area contributed by atoms with Gasteiger partial charge in [-0.05, 0) is 42.7 Å². The van der Waals surface area contributed by atoms with Gasteiger partial charge in [-0.15, -0.1) is 0 Å². The van der Waals surface area contributed by atoms with Gasteiger partial charge in [0.1, 0.15) is 6.04 Å². The highest BCUT2D eigenvalue weighted by atomic mass is 35.5. The van der Waals surface area contributed by atoms with E-state index in [1.165, 1.54) is 11.4 Å². The summed E-state index contributed by atoms with van der Waals surface area (Å²) in [5.41, 5.74) is 1.66. The van der Waals surface area contributed by atoms with E-state index in [4.69, 9.17) is 11.6 Å². The Morgan fingerprint density at radius 3 is 2.16 bits per heavy atom. The maximum atomic E-state index is 13.6. The van der Waals surface area contributed by atoms with E-state index in [9.17, 15) is 18.0 Å². The first-order chi connectivity index (χ1) is 18.2. The summed E-state index contributed by atoms with van der Waals surface area (Å²) < 4.78 is 27.0. The van der Waals surface area contributed by atoms with Crippen LogP contribution in [0.25, 0.3) is 0 Å². The maximum absolute atomic E-state index is 13.6. The Morgan fingerprint density at radius 2 is 1.53 bits per heavy atom. The molecular weight excluding hydrogens is 522 g/mol. The van der Waals surface area contributed by atoms with E-state index >= 15 is 0 Å². The van der Waals surface area contributed by atoms with Crippen molar-refractivity contribution in [2.45, 2.75) is 43.7 Å². The quantitative estimate of drug-likeness (QED) is 0.336. The van der Waals surface area contributed by atoms with Crippen LogP contribution in [0, 0.1) is 0 Å². The largest absolute Gasteiger partial charge is 0.355 e. The second-order valence-corrected chi connectivity index (χ2v) is 11.4. The molecule has 0 saturated heterocycles. The smallest absolute Gasteiger partial charge is 0.243 e. The molecule has 3 rings (SSSR count). The molecule has 3 aromatic carbocycles. The first-order valence-electron chi connectivity index (χ1n) is 12.6. The third kappa shape index (κ3) is 7.90. The Balaban J connectivity index is 1.81. The number of sulfonamides is 1. The zero-order valence-corrected chi connectivity index (χ0v) is 23.3. The van der Waals surface area contributed by atoms with Gasteiger partial charge >= 0.3 is 0 Å². The van der Waals surface area contributed by atoms with Crippen LogP contribution in [0.4, 0.5) is 0 Å². The van der Waals surface area contributed by atoms with Crippen molar-refractivity contribution < 1.29 is 18.0 Å². The van der Waals surface area contributed by atoms with Gasteiger partial charge in [0.25, 0.3) is 0 Å². The fourth-order valence-corrected chi connectivity index (χ4v) is 5.57. The van der Waals surface area contributed by atoms with Crippen LogP contribution in [0.3, 0.4) is 0 Å². The van der Waals surface area contributed by atoms with Crippen molar-refractivity contribution in [1.29, 1.82) is 0 Å². The Kier molecular flexibility index (Phi) is 10.9. The summed E-state index contributed by atoms with van der Waals surface area (Å²) in [7, 11) is -2.16. The van der Waals surface area contributed by atoms with Gasteiger partial charge < -0.3 is 10.2 Å². The number of nitrogens with zero attached hydrogens (tertiary/aromatic N) is 2. The number of carbonyl (C=O) groups excluding carboxylic acids is 2. The summed E-state index contributed by atoms with van der Waals surface area (Å²) in [5.74, 6) is -0.497. The number of halogens is 1. The second kappa shape index (κ2) is 14.1. The molecule has 1 unspecified atom stereocenters. The van der Waals surface area contributed by atoms with Gasteiger partial charge in [-0.25, -0.2) is 12.7 Å². The van der Waals surface area contributed by atoms with Gasteiger partial charge in [-0.2, -0.15) is 0 Å². The van der Waals surface area contributed by atoms with E-state index in [0.29, 0.717) is 24.4 Å². The van der Waals surface area contributed by atoms with E-state index in [1.807, 2.05) is 55.5 Å². The van der Waals surface area contributed by atoms with Crippen molar-refractivity contribution in [3.8, 4) is 0 Å². The minimum atomic E-state index is -3.66. The Labute approximate surface area is 230 Å². The molecule has 0 heterocycles. The topological polar surface area (TPSA) is 86.8 Å². The summed E-state index contributed by atoms with van der Waals surface area (Å²) in [5, 5.41) is 3.37. The molecule has 0 radical (unpaired) electrons. The molecule has 1 atom stereocenters. The number of hydrogen-bond acceptors (Lipinski definition) is 4. The van der Waals surface area contributed by atoms with E-state index < -0.39 is 16.1 Å². The normalized spacial score (nSPS) is 12.2. The van der Waals surface area contributed by atoms with Crippen LogP contribution < -0.4 is 5.32 Å². The lowest BCUT2D eigenvalue weighted by Crippen LogP contribution is -2.50. The molecule has 7 nitrogen and oxygen atoms in total. The fourth-order valence-electron chi connectivity index (χ4n) is 4.15. The summed E-state index contributed by atoms with van der Waals surface area (Å²) in [6.07, 6.45) is 0.711. The molecule has 0 spiro atoms. The third-order valence-electron chi connectivity index (χ3n) is 6.24. The highest BCUT2D eigenvalue weighted by molar-refractivity contribution is 7.89. The minimum Gasteiger partial charge on any atom is -0.355 e. The number of nitrogens with one attached hydrogen (secondary N) is 1.